The topological polar surface area (TPSA) is 119 Å². The monoisotopic (exact) mass is 405 g/mol. The number of aliphatic carboxylic acids is 2. The van der Waals surface area contributed by atoms with Crippen molar-refractivity contribution < 1.29 is 29.3 Å². The smallest absolute Gasteiger partial charge is 0.352 e. The SMILES string of the molecule is CNCCN(C)C(=O)N(CCOc1cccc2c1CCC2)/C(=C/C(=O)O)C(=O)O. The number of carbonyl (C=O) groups excluding carboxylic acids is 1. The van der Waals surface area contributed by atoms with Crippen LogP contribution < -0.4 is 10.1 Å². The van der Waals surface area contributed by atoms with E-state index in [4.69, 9.17) is 9.84 Å². The standard InChI is InChI=1S/C20H27N3O6/c1-21-9-10-22(2)20(28)23(16(19(26)27)13-18(24)25)11-12-29-17-8-4-6-14-5-3-7-15(14)17/h4,6,8,13,21H,3,5,7,9-12H2,1-2H3,(H,24,25)(H,26,27)/b16-13+. The van der Waals surface area contributed by atoms with E-state index in [0.717, 1.165) is 35.5 Å². The largest absolute Gasteiger partial charge is 0.491 e. The Bertz CT molecular complexity index is 792. The molecule has 1 aliphatic carbocycles. The normalized spacial score (nSPS) is 13.0. The molecule has 0 heterocycles. The predicted octanol–water partition coefficient (Wildman–Crippen LogP) is 1.18. The molecule has 9 nitrogen and oxygen atoms in total. The molecule has 3 N–H and O–H groups in total. The third kappa shape index (κ3) is 5.95. The molecular formula is C20H27N3O6. The summed E-state index contributed by atoms with van der Waals surface area (Å²) in [6.45, 7) is 0.775. The molecule has 0 bridgehead atoms. The van der Waals surface area contributed by atoms with Gasteiger partial charge in [-0.2, -0.15) is 0 Å². The Morgan fingerprint density at radius 2 is 1.97 bits per heavy atom. The number of likely N-dealkylation sites (N-methyl/N-ethyl adjacent to an activating group) is 2. The number of ether oxygens (including phenoxy) is 1. The fourth-order valence-corrected chi connectivity index (χ4v) is 3.24. The lowest BCUT2D eigenvalue weighted by molar-refractivity contribution is -0.136. The van der Waals surface area contributed by atoms with Gasteiger partial charge in [-0.25, -0.2) is 14.4 Å². The molecule has 0 aromatic heterocycles. The lowest BCUT2D eigenvalue weighted by Gasteiger charge is -2.28. The Kier molecular flexibility index (Phi) is 8.02. The van der Waals surface area contributed by atoms with E-state index >= 15 is 0 Å². The maximum Gasteiger partial charge on any atom is 0.352 e. The molecule has 1 aliphatic rings. The van der Waals surface area contributed by atoms with E-state index in [1.54, 1.807) is 7.05 Å². The van der Waals surface area contributed by atoms with Crippen LogP contribution in [0.5, 0.6) is 5.75 Å². The van der Waals surface area contributed by atoms with Gasteiger partial charge in [-0.15, -0.1) is 0 Å². The van der Waals surface area contributed by atoms with Crippen LogP contribution in [0.1, 0.15) is 17.5 Å². The summed E-state index contributed by atoms with van der Waals surface area (Å²) in [6.07, 6.45) is 3.49. The van der Waals surface area contributed by atoms with Gasteiger partial charge in [0.2, 0.25) is 0 Å². The Balaban J connectivity index is 2.16. The molecule has 9 heteroatoms. The van der Waals surface area contributed by atoms with Crippen LogP contribution in [0.15, 0.2) is 30.0 Å². The van der Waals surface area contributed by atoms with Gasteiger partial charge in [-0.3, -0.25) is 4.90 Å². The Labute approximate surface area is 169 Å². The average molecular weight is 405 g/mol. The van der Waals surface area contributed by atoms with Gasteiger partial charge in [0.15, 0.2) is 0 Å². The van der Waals surface area contributed by atoms with Gasteiger partial charge in [0, 0.05) is 20.1 Å². The summed E-state index contributed by atoms with van der Waals surface area (Å²) in [4.78, 5) is 37.7. The molecule has 0 saturated heterocycles. The number of fused-ring (bicyclic) bond motifs is 1. The first-order chi connectivity index (χ1) is 13.8. The number of urea groups is 1. The number of hydrogen-bond donors (Lipinski definition) is 3. The van der Waals surface area contributed by atoms with Crippen molar-refractivity contribution >= 4 is 18.0 Å². The molecule has 0 aliphatic heterocycles. The number of carboxylic acids is 2. The minimum atomic E-state index is -1.50. The van der Waals surface area contributed by atoms with E-state index in [9.17, 15) is 19.5 Å². The zero-order valence-corrected chi connectivity index (χ0v) is 16.7. The van der Waals surface area contributed by atoms with Crippen molar-refractivity contribution in [3.05, 3.63) is 41.1 Å². The molecule has 2 rings (SSSR count). The van der Waals surface area contributed by atoms with Gasteiger partial charge in [0.1, 0.15) is 18.1 Å². The lowest BCUT2D eigenvalue weighted by Crippen LogP contribution is -2.46. The van der Waals surface area contributed by atoms with Gasteiger partial charge in [-0.1, -0.05) is 12.1 Å². The highest BCUT2D eigenvalue weighted by atomic mass is 16.5. The number of rotatable bonds is 10. The van der Waals surface area contributed by atoms with Crippen LogP contribution in [0.2, 0.25) is 0 Å². The molecule has 0 fully saturated rings. The number of benzene rings is 1. The van der Waals surface area contributed by atoms with Gasteiger partial charge >= 0.3 is 18.0 Å². The first kappa shape index (κ1) is 22.2. The number of carbonyl (C=O) groups is 3. The van der Waals surface area contributed by atoms with Crippen molar-refractivity contribution in [1.82, 2.24) is 15.1 Å². The highest BCUT2D eigenvalue weighted by Crippen LogP contribution is 2.30. The van der Waals surface area contributed by atoms with E-state index in [1.165, 1.54) is 17.5 Å². The summed E-state index contributed by atoms with van der Waals surface area (Å²) in [6, 6.07) is 5.19. The second kappa shape index (κ2) is 10.5. The number of aryl methyl sites for hydroxylation is 1. The van der Waals surface area contributed by atoms with Crippen LogP contribution in [-0.4, -0.2) is 78.3 Å². The summed E-state index contributed by atoms with van der Waals surface area (Å²) >= 11 is 0. The van der Waals surface area contributed by atoms with Crippen molar-refractivity contribution in [2.75, 3.05) is 40.3 Å². The molecule has 0 unspecified atom stereocenters. The number of hydrogen-bond acceptors (Lipinski definition) is 5. The maximum absolute atomic E-state index is 12.8. The quantitative estimate of drug-likeness (QED) is 0.500. The molecule has 0 saturated carbocycles. The summed E-state index contributed by atoms with van der Waals surface area (Å²) in [5.74, 6) is -2.22. The van der Waals surface area contributed by atoms with E-state index < -0.39 is 23.7 Å². The van der Waals surface area contributed by atoms with Crippen LogP contribution in [0, 0.1) is 0 Å². The van der Waals surface area contributed by atoms with Gasteiger partial charge in [-0.05, 0) is 43.5 Å². The first-order valence-corrected chi connectivity index (χ1v) is 9.43. The van der Waals surface area contributed by atoms with Crippen LogP contribution in [0.25, 0.3) is 0 Å². The summed E-state index contributed by atoms with van der Waals surface area (Å²) < 4.78 is 5.83. The van der Waals surface area contributed by atoms with Crippen molar-refractivity contribution in [1.29, 1.82) is 0 Å². The van der Waals surface area contributed by atoms with Crippen LogP contribution >= 0.6 is 0 Å². The number of nitrogens with one attached hydrogen (secondary N) is 1. The van der Waals surface area contributed by atoms with E-state index in [2.05, 4.69) is 11.4 Å². The minimum Gasteiger partial charge on any atom is -0.491 e. The van der Waals surface area contributed by atoms with Crippen molar-refractivity contribution in [3.63, 3.8) is 0 Å². The molecular weight excluding hydrogens is 378 g/mol. The summed E-state index contributed by atoms with van der Waals surface area (Å²) in [7, 11) is 3.26. The van der Waals surface area contributed by atoms with Crippen molar-refractivity contribution in [2.24, 2.45) is 0 Å². The predicted molar refractivity (Wildman–Crippen MR) is 106 cm³/mol. The zero-order chi connectivity index (χ0) is 21.4. The highest BCUT2D eigenvalue weighted by molar-refractivity contribution is 5.97. The van der Waals surface area contributed by atoms with E-state index in [0.29, 0.717) is 19.2 Å². The Hall–Kier alpha value is -3.07. The lowest BCUT2D eigenvalue weighted by atomic mass is 10.1. The van der Waals surface area contributed by atoms with Crippen LogP contribution in [0.4, 0.5) is 4.79 Å². The van der Waals surface area contributed by atoms with Gasteiger partial charge in [0.05, 0.1) is 12.6 Å². The molecule has 1 aromatic rings. The molecule has 1 aromatic carbocycles. The average Bonchev–Trinajstić information content (AvgIpc) is 3.16. The molecule has 29 heavy (non-hydrogen) atoms. The van der Waals surface area contributed by atoms with E-state index in [-0.39, 0.29) is 13.2 Å². The summed E-state index contributed by atoms with van der Waals surface area (Å²) in [5, 5.41) is 21.4. The minimum absolute atomic E-state index is 0.0340. The van der Waals surface area contributed by atoms with Crippen LogP contribution in [-0.2, 0) is 22.4 Å². The summed E-state index contributed by atoms with van der Waals surface area (Å²) in [5.41, 5.74) is 1.76. The van der Waals surface area contributed by atoms with Gasteiger partial charge in [0.25, 0.3) is 0 Å². The third-order valence-electron chi connectivity index (χ3n) is 4.70. The fourth-order valence-electron chi connectivity index (χ4n) is 3.24. The highest BCUT2D eigenvalue weighted by Gasteiger charge is 2.27. The molecule has 0 radical (unpaired) electrons. The number of nitrogens with zero attached hydrogens (tertiary/aromatic N) is 2. The first-order valence-electron chi connectivity index (χ1n) is 9.43. The molecule has 2 amide bonds. The van der Waals surface area contributed by atoms with Gasteiger partial charge < -0.3 is 25.2 Å². The fraction of sp³-hybridized carbons (Fsp3) is 0.450. The molecule has 0 atom stereocenters. The number of amides is 2. The third-order valence-corrected chi connectivity index (χ3v) is 4.70. The van der Waals surface area contributed by atoms with Crippen molar-refractivity contribution in [3.8, 4) is 5.75 Å². The second-order valence-corrected chi connectivity index (χ2v) is 6.73. The molecule has 158 valence electrons. The number of carboxylic acid groups (broad SMARTS) is 2. The second-order valence-electron chi connectivity index (χ2n) is 6.73. The zero-order valence-electron chi connectivity index (χ0n) is 16.7. The van der Waals surface area contributed by atoms with Crippen molar-refractivity contribution in [2.45, 2.75) is 19.3 Å². The van der Waals surface area contributed by atoms with Crippen LogP contribution in [0.3, 0.4) is 0 Å². The molecule has 0 spiro atoms. The Morgan fingerprint density at radius 3 is 2.62 bits per heavy atom. The Morgan fingerprint density at radius 1 is 1.21 bits per heavy atom. The maximum atomic E-state index is 12.8. The van der Waals surface area contributed by atoms with E-state index in [1.807, 2.05) is 12.1 Å².